The maximum absolute atomic E-state index is 4.73. The van der Waals surface area contributed by atoms with Crippen molar-refractivity contribution < 1.29 is 0 Å². The number of aromatic nitrogens is 2. The van der Waals surface area contributed by atoms with Gasteiger partial charge in [0, 0.05) is 38.8 Å². The van der Waals surface area contributed by atoms with E-state index in [-0.39, 0.29) is 0 Å². The van der Waals surface area contributed by atoms with Gasteiger partial charge in [0.2, 0.25) is 0 Å². The lowest BCUT2D eigenvalue weighted by molar-refractivity contribution is 0.744. The standard InChI is InChI=1S/C19H29N5/c1-5-20-19(21-10-9-17-13-23-24(4)14-17)22-12-16(3)18-8-6-7-15(2)11-18/h6-8,11,13-14,16H,5,9-10,12H2,1-4H3,(H2,20,21,22). The quantitative estimate of drug-likeness (QED) is 0.607. The number of rotatable bonds is 7. The highest BCUT2D eigenvalue weighted by atomic mass is 15.2. The Morgan fingerprint density at radius 3 is 2.83 bits per heavy atom. The third-order valence-electron chi connectivity index (χ3n) is 3.94. The second-order valence-corrected chi connectivity index (χ2v) is 6.23. The molecular formula is C19H29N5. The topological polar surface area (TPSA) is 54.2 Å². The van der Waals surface area contributed by atoms with Crippen molar-refractivity contribution in [3.8, 4) is 0 Å². The molecule has 24 heavy (non-hydrogen) atoms. The van der Waals surface area contributed by atoms with E-state index in [9.17, 15) is 0 Å². The molecule has 0 amide bonds. The van der Waals surface area contributed by atoms with Crippen LogP contribution in [-0.2, 0) is 13.5 Å². The molecule has 1 atom stereocenters. The van der Waals surface area contributed by atoms with Crippen LogP contribution in [0.1, 0.15) is 36.5 Å². The van der Waals surface area contributed by atoms with E-state index in [1.165, 1.54) is 16.7 Å². The molecule has 2 rings (SSSR count). The van der Waals surface area contributed by atoms with Crippen LogP contribution in [0.15, 0.2) is 41.7 Å². The number of benzene rings is 1. The second-order valence-electron chi connectivity index (χ2n) is 6.23. The molecule has 2 aromatic rings. The van der Waals surface area contributed by atoms with E-state index < -0.39 is 0 Å². The van der Waals surface area contributed by atoms with Crippen molar-refractivity contribution in [1.82, 2.24) is 20.4 Å². The molecule has 0 aliphatic rings. The van der Waals surface area contributed by atoms with Crippen LogP contribution in [0.5, 0.6) is 0 Å². The highest BCUT2D eigenvalue weighted by Gasteiger charge is 2.06. The molecule has 0 bridgehead atoms. The van der Waals surface area contributed by atoms with Crippen LogP contribution in [0.4, 0.5) is 0 Å². The molecule has 5 heteroatoms. The largest absolute Gasteiger partial charge is 0.357 e. The SMILES string of the molecule is CCNC(=NCC(C)c1cccc(C)c1)NCCc1cnn(C)c1. The van der Waals surface area contributed by atoms with E-state index in [0.29, 0.717) is 5.92 Å². The molecule has 0 aliphatic heterocycles. The Kier molecular flexibility index (Phi) is 6.85. The summed E-state index contributed by atoms with van der Waals surface area (Å²) in [6.07, 6.45) is 4.89. The van der Waals surface area contributed by atoms with Crippen LogP contribution in [0.25, 0.3) is 0 Å². The molecule has 0 saturated heterocycles. The first-order valence-corrected chi connectivity index (χ1v) is 8.64. The summed E-state index contributed by atoms with van der Waals surface area (Å²) in [6, 6.07) is 8.66. The van der Waals surface area contributed by atoms with Crippen LogP contribution in [-0.4, -0.2) is 35.4 Å². The Morgan fingerprint density at radius 2 is 2.17 bits per heavy atom. The Morgan fingerprint density at radius 1 is 1.33 bits per heavy atom. The van der Waals surface area contributed by atoms with Crippen LogP contribution < -0.4 is 10.6 Å². The number of hydrogen-bond donors (Lipinski definition) is 2. The van der Waals surface area contributed by atoms with Gasteiger partial charge in [-0.1, -0.05) is 36.8 Å². The maximum atomic E-state index is 4.73. The molecule has 0 fully saturated rings. The summed E-state index contributed by atoms with van der Waals surface area (Å²) in [5.74, 6) is 1.28. The Hall–Kier alpha value is -2.30. The van der Waals surface area contributed by atoms with Crippen LogP contribution in [0.3, 0.4) is 0 Å². The average Bonchev–Trinajstić information content (AvgIpc) is 2.97. The normalized spacial score (nSPS) is 12.9. The van der Waals surface area contributed by atoms with Crippen molar-refractivity contribution in [1.29, 1.82) is 0 Å². The first-order valence-electron chi connectivity index (χ1n) is 8.64. The maximum Gasteiger partial charge on any atom is 0.191 e. The first kappa shape index (κ1) is 18.0. The highest BCUT2D eigenvalue weighted by Crippen LogP contribution is 2.16. The van der Waals surface area contributed by atoms with Gasteiger partial charge in [-0.25, -0.2) is 0 Å². The van der Waals surface area contributed by atoms with Gasteiger partial charge in [0.05, 0.1) is 6.20 Å². The molecule has 1 aromatic carbocycles. The predicted molar refractivity (Wildman–Crippen MR) is 100 cm³/mol. The van der Waals surface area contributed by atoms with Crippen molar-refractivity contribution in [2.75, 3.05) is 19.6 Å². The number of guanidine groups is 1. The molecule has 130 valence electrons. The van der Waals surface area contributed by atoms with E-state index in [1.54, 1.807) is 0 Å². The Bertz CT molecular complexity index is 659. The molecule has 0 spiro atoms. The number of hydrogen-bond acceptors (Lipinski definition) is 2. The smallest absolute Gasteiger partial charge is 0.191 e. The van der Waals surface area contributed by atoms with Gasteiger partial charge in [-0.2, -0.15) is 5.10 Å². The lowest BCUT2D eigenvalue weighted by atomic mass is 10.00. The molecular weight excluding hydrogens is 298 g/mol. The molecule has 0 saturated carbocycles. The van der Waals surface area contributed by atoms with Crippen LogP contribution in [0, 0.1) is 6.92 Å². The van der Waals surface area contributed by atoms with Gasteiger partial charge in [-0.15, -0.1) is 0 Å². The highest BCUT2D eigenvalue weighted by molar-refractivity contribution is 5.79. The van der Waals surface area contributed by atoms with Crippen molar-refractivity contribution >= 4 is 5.96 Å². The number of aryl methyl sites for hydroxylation is 2. The van der Waals surface area contributed by atoms with Gasteiger partial charge in [-0.05, 0) is 31.4 Å². The summed E-state index contributed by atoms with van der Waals surface area (Å²) in [6.45, 7) is 8.91. The fraction of sp³-hybridized carbons (Fsp3) is 0.474. The van der Waals surface area contributed by atoms with Crippen LogP contribution in [0.2, 0.25) is 0 Å². The van der Waals surface area contributed by atoms with Crippen molar-refractivity contribution in [2.24, 2.45) is 12.0 Å². The van der Waals surface area contributed by atoms with E-state index in [1.807, 2.05) is 24.1 Å². The monoisotopic (exact) mass is 327 g/mol. The third kappa shape index (κ3) is 5.72. The lowest BCUT2D eigenvalue weighted by Crippen LogP contribution is -2.38. The van der Waals surface area contributed by atoms with Crippen LogP contribution >= 0.6 is 0 Å². The molecule has 0 radical (unpaired) electrons. The van der Waals surface area contributed by atoms with Crippen molar-refractivity contribution in [3.05, 3.63) is 53.3 Å². The molecule has 1 heterocycles. The summed E-state index contributed by atoms with van der Waals surface area (Å²) in [7, 11) is 1.94. The summed E-state index contributed by atoms with van der Waals surface area (Å²) in [5, 5.41) is 10.9. The summed E-state index contributed by atoms with van der Waals surface area (Å²) < 4.78 is 1.83. The minimum Gasteiger partial charge on any atom is -0.357 e. The Labute approximate surface area is 145 Å². The molecule has 5 nitrogen and oxygen atoms in total. The van der Waals surface area contributed by atoms with E-state index in [4.69, 9.17) is 4.99 Å². The molecule has 1 aromatic heterocycles. The summed E-state index contributed by atoms with van der Waals surface area (Å²) in [5.41, 5.74) is 3.86. The minimum absolute atomic E-state index is 0.402. The van der Waals surface area contributed by atoms with E-state index in [0.717, 1.165) is 32.0 Å². The van der Waals surface area contributed by atoms with Gasteiger partial charge in [-0.3, -0.25) is 9.67 Å². The van der Waals surface area contributed by atoms with Gasteiger partial charge in [0.25, 0.3) is 0 Å². The molecule has 2 N–H and O–H groups in total. The fourth-order valence-electron chi connectivity index (χ4n) is 2.58. The van der Waals surface area contributed by atoms with E-state index >= 15 is 0 Å². The Balaban J connectivity index is 1.87. The van der Waals surface area contributed by atoms with E-state index in [2.05, 4.69) is 60.8 Å². The second kappa shape index (κ2) is 9.11. The zero-order valence-corrected chi connectivity index (χ0v) is 15.2. The number of nitrogens with one attached hydrogen (secondary N) is 2. The fourth-order valence-corrected chi connectivity index (χ4v) is 2.58. The minimum atomic E-state index is 0.402. The predicted octanol–water partition coefficient (Wildman–Crippen LogP) is 2.63. The average molecular weight is 327 g/mol. The third-order valence-corrected chi connectivity index (χ3v) is 3.94. The number of aliphatic imine (C=N–C) groups is 1. The molecule has 0 aliphatic carbocycles. The van der Waals surface area contributed by atoms with Gasteiger partial charge in [0.15, 0.2) is 5.96 Å². The zero-order chi connectivity index (χ0) is 17.4. The zero-order valence-electron chi connectivity index (χ0n) is 15.2. The lowest BCUT2D eigenvalue weighted by Gasteiger charge is -2.14. The van der Waals surface area contributed by atoms with Crippen molar-refractivity contribution in [3.63, 3.8) is 0 Å². The number of nitrogens with zero attached hydrogens (tertiary/aromatic N) is 3. The molecule has 1 unspecified atom stereocenters. The first-order chi connectivity index (χ1) is 11.6. The van der Waals surface area contributed by atoms with Gasteiger partial charge < -0.3 is 10.6 Å². The summed E-state index contributed by atoms with van der Waals surface area (Å²) in [4.78, 5) is 4.73. The van der Waals surface area contributed by atoms with Crippen molar-refractivity contribution in [2.45, 2.75) is 33.1 Å². The van der Waals surface area contributed by atoms with Gasteiger partial charge >= 0.3 is 0 Å². The van der Waals surface area contributed by atoms with Gasteiger partial charge in [0.1, 0.15) is 0 Å². The summed E-state index contributed by atoms with van der Waals surface area (Å²) >= 11 is 0.